The zero-order valence-corrected chi connectivity index (χ0v) is 13.4. The van der Waals surface area contributed by atoms with Crippen molar-refractivity contribution in [1.29, 1.82) is 0 Å². The molecule has 0 bridgehead atoms. The lowest BCUT2D eigenvalue weighted by molar-refractivity contribution is 0.514. The largest absolute Gasteiger partial charge is 0.252 e. The summed E-state index contributed by atoms with van der Waals surface area (Å²) in [4.78, 5) is 0. The normalized spacial score (nSPS) is 11.3. The molecule has 118 valence electrons. The fourth-order valence-electron chi connectivity index (χ4n) is 2.20. The molecule has 0 aliphatic carbocycles. The van der Waals surface area contributed by atoms with Crippen LogP contribution in [0.3, 0.4) is 0 Å². The summed E-state index contributed by atoms with van der Waals surface area (Å²) < 4.78 is 1.99. The van der Waals surface area contributed by atoms with Gasteiger partial charge in [0, 0.05) is 18.9 Å². The van der Waals surface area contributed by atoms with Crippen LogP contribution in [0.25, 0.3) is 0 Å². The number of aryl methyl sites for hydroxylation is 2. The highest BCUT2D eigenvalue weighted by Gasteiger charge is 2.00. The third-order valence-corrected chi connectivity index (χ3v) is 3.43. The molecule has 1 rings (SSSR count). The Balaban J connectivity index is 1.95. The van der Waals surface area contributed by atoms with Crippen molar-refractivity contribution in [3.8, 4) is 0 Å². The molecule has 0 atom stereocenters. The molecular formula is C16H29N5. The van der Waals surface area contributed by atoms with E-state index in [4.69, 9.17) is 0 Å². The number of hydrogen-bond donors (Lipinski definition) is 0. The summed E-state index contributed by atoms with van der Waals surface area (Å²) in [5, 5.41) is 16.1. The minimum Gasteiger partial charge on any atom is -0.252 e. The predicted molar refractivity (Wildman–Crippen MR) is 86.3 cm³/mol. The predicted octanol–water partition coefficient (Wildman–Crippen LogP) is 4.56. The molecular weight excluding hydrogens is 262 g/mol. The van der Waals surface area contributed by atoms with Gasteiger partial charge < -0.3 is 0 Å². The van der Waals surface area contributed by atoms with Crippen LogP contribution in [0.15, 0.2) is 29.2 Å². The van der Waals surface area contributed by atoms with E-state index in [1.165, 1.54) is 51.1 Å². The number of rotatable bonds is 13. The first kappa shape index (κ1) is 17.5. The van der Waals surface area contributed by atoms with Crippen molar-refractivity contribution in [2.45, 2.75) is 71.3 Å². The number of unbranched alkanes of at least 4 members (excludes halogenated alkanes) is 6. The third-order valence-electron chi connectivity index (χ3n) is 3.43. The molecule has 0 unspecified atom stereocenters. The summed E-state index contributed by atoms with van der Waals surface area (Å²) in [7, 11) is 0. The molecule has 5 nitrogen and oxygen atoms in total. The van der Waals surface area contributed by atoms with Gasteiger partial charge in [0.1, 0.15) is 0 Å². The van der Waals surface area contributed by atoms with Crippen LogP contribution >= 0.6 is 0 Å². The maximum atomic E-state index is 4.20. The van der Waals surface area contributed by atoms with Crippen LogP contribution in [0.4, 0.5) is 0 Å². The summed E-state index contributed by atoms with van der Waals surface area (Å²) in [6, 6.07) is 0. The average Bonchev–Trinajstić information content (AvgIpc) is 2.95. The number of aromatic nitrogens is 3. The molecule has 0 saturated carbocycles. The molecule has 0 amide bonds. The van der Waals surface area contributed by atoms with Crippen molar-refractivity contribution in [2.75, 3.05) is 6.54 Å². The quantitative estimate of drug-likeness (QED) is 0.395. The van der Waals surface area contributed by atoms with Crippen LogP contribution in [0.1, 0.15) is 64.0 Å². The molecule has 1 heterocycles. The molecule has 0 aromatic carbocycles. The minimum atomic E-state index is 0.825. The van der Waals surface area contributed by atoms with E-state index < -0.39 is 0 Å². The Hall–Kier alpha value is -1.52. The van der Waals surface area contributed by atoms with Crippen LogP contribution in [0.5, 0.6) is 0 Å². The highest BCUT2D eigenvalue weighted by Crippen LogP contribution is 2.07. The lowest BCUT2D eigenvalue weighted by Crippen LogP contribution is -1.98. The van der Waals surface area contributed by atoms with Crippen molar-refractivity contribution in [3.05, 3.63) is 24.7 Å². The Morgan fingerprint density at radius 2 is 1.90 bits per heavy atom. The second-order valence-electron chi connectivity index (χ2n) is 5.36. The highest BCUT2D eigenvalue weighted by atomic mass is 15.4. The summed E-state index contributed by atoms with van der Waals surface area (Å²) >= 11 is 0. The van der Waals surface area contributed by atoms with Gasteiger partial charge in [-0.25, -0.2) is 0 Å². The van der Waals surface area contributed by atoms with Crippen LogP contribution in [0, 0.1) is 0 Å². The number of hydrogen-bond acceptors (Lipinski definition) is 4. The molecule has 0 spiro atoms. The fourth-order valence-corrected chi connectivity index (χ4v) is 2.20. The monoisotopic (exact) mass is 291 g/mol. The van der Waals surface area contributed by atoms with Gasteiger partial charge in [-0.1, -0.05) is 50.8 Å². The molecule has 1 aromatic rings. The van der Waals surface area contributed by atoms with E-state index in [0.29, 0.717) is 0 Å². The van der Waals surface area contributed by atoms with Crippen molar-refractivity contribution < 1.29 is 0 Å². The van der Waals surface area contributed by atoms with Gasteiger partial charge in [-0.2, -0.15) is 10.2 Å². The summed E-state index contributed by atoms with van der Waals surface area (Å²) in [6.45, 7) is 7.52. The van der Waals surface area contributed by atoms with E-state index in [1.54, 1.807) is 0 Å². The Morgan fingerprint density at radius 3 is 2.67 bits per heavy atom. The fraction of sp³-hybridized carbons (Fsp3) is 0.750. The zero-order valence-electron chi connectivity index (χ0n) is 13.4. The first-order chi connectivity index (χ1) is 10.4. The molecule has 0 N–H and O–H groups in total. The zero-order chi connectivity index (χ0) is 15.2. The Bertz CT molecular complexity index is 397. The first-order valence-electron chi connectivity index (χ1n) is 8.23. The Kier molecular flexibility index (Phi) is 10.2. The van der Waals surface area contributed by atoms with Crippen LogP contribution < -0.4 is 0 Å². The maximum Gasteiger partial charge on any atom is 0.0827 e. The van der Waals surface area contributed by atoms with Gasteiger partial charge in [0.15, 0.2) is 0 Å². The summed E-state index contributed by atoms with van der Waals surface area (Å²) in [5.74, 6) is 0. The Morgan fingerprint density at radius 1 is 1.14 bits per heavy atom. The molecule has 5 heteroatoms. The van der Waals surface area contributed by atoms with Crippen molar-refractivity contribution >= 4 is 0 Å². The SMILES string of the molecule is C=CN=NCCCCCCCCn1cc(CCCC)nn1. The second kappa shape index (κ2) is 12.2. The summed E-state index contributed by atoms with van der Waals surface area (Å²) in [5.41, 5.74) is 1.13. The van der Waals surface area contributed by atoms with Gasteiger partial charge in [-0.15, -0.1) is 5.10 Å². The second-order valence-corrected chi connectivity index (χ2v) is 5.36. The first-order valence-corrected chi connectivity index (χ1v) is 8.23. The third kappa shape index (κ3) is 9.10. The number of nitrogens with zero attached hydrogens (tertiary/aromatic N) is 5. The molecule has 0 aliphatic rings. The van der Waals surface area contributed by atoms with E-state index in [1.807, 2.05) is 4.68 Å². The Labute approximate surface area is 128 Å². The molecule has 0 radical (unpaired) electrons. The van der Waals surface area contributed by atoms with Crippen molar-refractivity contribution in [1.82, 2.24) is 15.0 Å². The minimum absolute atomic E-state index is 0.825. The van der Waals surface area contributed by atoms with E-state index in [-0.39, 0.29) is 0 Å². The van der Waals surface area contributed by atoms with E-state index >= 15 is 0 Å². The van der Waals surface area contributed by atoms with Crippen molar-refractivity contribution in [2.24, 2.45) is 10.2 Å². The smallest absolute Gasteiger partial charge is 0.0827 e. The average molecular weight is 291 g/mol. The van der Waals surface area contributed by atoms with Gasteiger partial charge in [-0.05, 0) is 25.7 Å². The van der Waals surface area contributed by atoms with Gasteiger partial charge in [0.2, 0.25) is 0 Å². The lowest BCUT2D eigenvalue weighted by Gasteiger charge is -2.01. The van der Waals surface area contributed by atoms with E-state index in [2.05, 4.69) is 40.2 Å². The molecule has 0 saturated heterocycles. The highest BCUT2D eigenvalue weighted by molar-refractivity contribution is 4.91. The van der Waals surface area contributed by atoms with Crippen molar-refractivity contribution in [3.63, 3.8) is 0 Å². The lowest BCUT2D eigenvalue weighted by atomic mass is 10.1. The number of azo groups is 1. The maximum absolute atomic E-state index is 4.20. The van der Waals surface area contributed by atoms with E-state index in [0.717, 1.165) is 31.6 Å². The van der Waals surface area contributed by atoms with Crippen LogP contribution in [-0.4, -0.2) is 21.5 Å². The van der Waals surface area contributed by atoms with Gasteiger partial charge in [-0.3, -0.25) is 4.68 Å². The van der Waals surface area contributed by atoms with Gasteiger partial charge in [0.25, 0.3) is 0 Å². The molecule has 21 heavy (non-hydrogen) atoms. The molecule has 1 aromatic heterocycles. The standard InChI is InChI=1S/C16H29N5/c1-3-5-12-16-15-21(20-19-16)14-11-9-7-6-8-10-13-18-17-4-2/h4,15H,2-3,5-14H2,1H3. The molecule has 0 aliphatic heterocycles. The van der Waals surface area contributed by atoms with Gasteiger partial charge in [0.05, 0.1) is 12.2 Å². The molecule has 0 fully saturated rings. The van der Waals surface area contributed by atoms with Crippen LogP contribution in [-0.2, 0) is 13.0 Å². The summed E-state index contributed by atoms with van der Waals surface area (Å²) in [6.07, 6.45) is 14.4. The van der Waals surface area contributed by atoms with Gasteiger partial charge >= 0.3 is 0 Å². The van der Waals surface area contributed by atoms with E-state index in [9.17, 15) is 0 Å². The topological polar surface area (TPSA) is 55.4 Å². The van der Waals surface area contributed by atoms with Crippen LogP contribution in [0.2, 0.25) is 0 Å².